The predicted molar refractivity (Wildman–Crippen MR) is 87.5 cm³/mol. The fourth-order valence-corrected chi connectivity index (χ4v) is 3.20. The van der Waals surface area contributed by atoms with Crippen molar-refractivity contribution in [2.45, 2.75) is 19.3 Å². The molecule has 1 aromatic rings. The molecule has 1 aliphatic rings. The Bertz CT molecular complexity index is 442. The average molecular weight is 365 g/mol. The molecule has 0 atom stereocenters. The molecule has 1 N–H and O–H groups in total. The maximum atomic E-state index is 12.4. The van der Waals surface area contributed by atoms with Gasteiger partial charge in [0.1, 0.15) is 5.69 Å². The Morgan fingerprint density at radius 1 is 1.45 bits per heavy atom. The van der Waals surface area contributed by atoms with Crippen molar-refractivity contribution in [3.8, 4) is 0 Å². The van der Waals surface area contributed by atoms with Crippen molar-refractivity contribution < 1.29 is 4.79 Å². The van der Waals surface area contributed by atoms with Gasteiger partial charge in [-0.15, -0.1) is 12.4 Å². The van der Waals surface area contributed by atoms with E-state index in [1.807, 2.05) is 35.8 Å². The first-order valence-corrected chi connectivity index (χ1v) is 7.67. The number of carbonyl (C=O) groups excluding carboxylic acids is 1. The quantitative estimate of drug-likeness (QED) is 0.892. The topological polar surface area (TPSA) is 37.3 Å². The van der Waals surface area contributed by atoms with E-state index >= 15 is 0 Å². The molecule has 0 unspecified atom stereocenters. The molecule has 0 saturated carbocycles. The van der Waals surface area contributed by atoms with Gasteiger partial charge in [0.2, 0.25) is 0 Å². The van der Waals surface area contributed by atoms with Crippen molar-refractivity contribution in [1.82, 2.24) is 14.8 Å². The van der Waals surface area contributed by atoms with E-state index in [0.29, 0.717) is 0 Å². The molecule has 0 bridgehead atoms. The number of aromatic nitrogens is 1. The molecule has 1 aromatic heterocycles. The second kappa shape index (κ2) is 8.05. The summed E-state index contributed by atoms with van der Waals surface area (Å²) >= 11 is 3.41. The molecule has 2 rings (SSSR count). The molecular weight excluding hydrogens is 342 g/mol. The molecule has 4 nitrogen and oxygen atoms in total. The van der Waals surface area contributed by atoms with Crippen LogP contribution in [-0.2, 0) is 7.05 Å². The molecule has 1 amide bonds. The summed E-state index contributed by atoms with van der Waals surface area (Å²) in [5.41, 5.74) is 0.764. The fraction of sp³-hybridized carbons (Fsp3) is 0.643. The van der Waals surface area contributed by atoms with Crippen molar-refractivity contribution in [2.75, 3.05) is 26.7 Å². The van der Waals surface area contributed by atoms with Crippen molar-refractivity contribution >= 4 is 34.2 Å². The SMILES string of the molecule is CNCCC1CCN(C(=O)c2cc(Br)cn2C)CC1.Cl. The van der Waals surface area contributed by atoms with E-state index in [1.54, 1.807) is 0 Å². The number of rotatable bonds is 4. The van der Waals surface area contributed by atoms with Crippen molar-refractivity contribution in [3.05, 3.63) is 22.4 Å². The Morgan fingerprint density at radius 3 is 2.60 bits per heavy atom. The van der Waals surface area contributed by atoms with Gasteiger partial charge in [-0.05, 0) is 60.8 Å². The maximum absolute atomic E-state index is 12.4. The minimum Gasteiger partial charge on any atom is -0.345 e. The average Bonchev–Trinajstić information content (AvgIpc) is 2.75. The largest absolute Gasteiger partial charge is 0.345 e. The number of piperidine rings is 1. The van der Waals surface area contributed by atoms with Crippen LogP contribution in [0.1, 0.15) is 29.8 Å². The molecule has 1 saturated heterocycles. The first-order chi connectivity index (χ1) is 9.11. The van der Waals surface area contributed by atoms with Gasteiger partial charge in [-0.3, -0.25) is 4.79 Å². The Hall–Kier alpha value is -0.520. The maximum Gasteiger partial charge on any atom is 0.270 e. The van der Waals surface area contributed by atoms with E-state index in [9.17, 15) is 4.79 Å². The van der Waals surface area contributed by atoms with Gasteiger partial charge >= 0.3 is 0 Å². The summed E-state index contributed by atoms with van der Waals surface area (Å²) in [6.07, 6.45) is 5.39. The summed E-state index contributed by atoms with van der Waals surface area (Å²) in [6.45, 7) is 2.84. The van der Waals surface area contributed by atoms with Crippen LogP contribution >= 0.6 is 28.3 Å². The third kappa shape index (κ3) is 4.24. The van der Waals surface area contributed by atoms with Gasteiger partial charge in [0.05, 0.1) is 0 Å². The van der Waals surface area contributed by atoms with Crippen molar-refractivity contribution in [3.63, 3.8) is 0 Å². The van der Waals surface area contributed by atoms with Crippen LogP contribution in [0.3, 0.4) is 0 Å². The molecule has 0 aliphatic carbocycles. The number of likely N-dealkylation sites (tertiary alicyclic amines) is 1. The first-order valence-electron chi connectivity index (χ1n) is 6.87. The zero-order chi connectivity index (χ0) is 13.8. The lowest BCUT2D eigenvalue weighted by molar-refractivity contribution is 0.0677. The summed E-state index contributed by atoms with van der Waals surface area (Å²) in [7, 11) is 3.91. The van der Waals surface area contributed by atoms with Gasteiger partial charge < -0.3 is 14.8 Å². The second-order valence-corrected chi connectivity index (χ2v) is 6.20. The number of hydrogen-bond acceptors (Lipinski definition) is 2. The number of hydrogen-bond donors (Lipinski definition) is 1. The van der Waals surface area contributed by atoms with Crippen LogP contribution in [0.5, 0.6) is 0 Å². The number of halogens is 2. The summed E-state index contributed by atoms with van der Waals surface area (Å²) in [5, 5.41) is 3.20. The van der Waals surface area contributed by atoms with Crippen LogP contribution in [-0.4, -0.2) is 42.1 Å². The van der Waals surface area contributed by atoms with Gasteiger partial charge in [-0.1, -0.05) is 0 Å². The van der Waals surface area contributed by atoms with Gasteiger partial charge in [-0.25, -0.2) is 0 Å². The van der Waals surface area contributed by atoms with Crippen LogP contribution in [0, 0.1) is 5.92 Å². The molecule has 0 spiro atoms. The third-order valence-electron chi connectivity index (χ3n) is 3.90. The second-order valence-electron chi connectivity index (χ2n) is 5.28. The predicted octanol–water partition coefficient (Wildman–Crippen LogP) is 2.67. The number of aryl methyl sites for hydroxylation is 1. The Morgan fingerprint density at radius 2 is 2.10 bits per heavy atom. The molecule has 2 heterocycles. The van der Waals surface area contributed by atoms with Gasteiger partial charge in [-0.2, -0.15) is 0 Å². The van der Waals surface area contributed by atoms with Crippen LogP contribution in [0.15, 0.2) is 16.7 Å². The minimum absolute atomic E-state index is 0. The third-order valence-corrected chi connectivity index (χ3v) is 4.33. The summed E-state index contributed by atoms with van der Waals surface area (Å²) in [6, 6.07) is 1.90. The summed E-state index contributed by atoms with van der Waals surface area (Å²) < 4.78 is 2.85. The van der Waals surface area contributed by atoms with E-state index in [0.717, 1.165) is 48.6 Å². The van der Waals surface area contributed by atoms with Gasteiger partial charge in [0.25, 0.3) is 5.91 Å². The standard InChI is InChI=1S/C14H22BrN3O.ClH/c1-16-6-3-11-4-7-18(8-5-11)14(19)13-9-12(15)10-17(13)2;/h9-11,16H,3-8H2,1-2H3;1H. The first kappa shape index (κ1) is 17.5. The molecule has 1 fully saturated rings. The van der Waals surface area contributed by atoms with E-state index in [4.69, 9.17) is 0 Å². The molecule has 20 heavy (non-hydrogen) atoms. The Kier molecular flexibility index (Phi) is 7.06. The van der Waals surface area contributed by atoms with Crippen LogP contribution in [0.2, 0.25) is 0 Å². The number of nitrogens with zero attached hydrogens (tertiary/aromatic N) is 2. The smallest absolute Gasteiger partial charge is 0.270 e. The highest BCUT2D eigenvalue weighted by Crippen LogP contribution is 2.22. The van der Waals surface area contributed by atoms with Gasteiger partial charge in [0, 0.05) is 30.8 Å². The molecule has 0 aromatic carbocycles. The van der Waals surface area contributed by atoms with Crippen LogP contribution < -0.4 is 5.32 Å². The van der Waals surface area contributed by atoms with Crippen LogP contribution in [0.25, 0.3) is 0 Å². The number of carbonyl (C=O) groups is 1. The molecule has 0 radical (unpaired) electrons. The zero-order valence-electron chi connectivity index (χ0n) is 12.1. The molecule has 1 aliphatic heterocycles. The molecule has 114 valence electrons. The van der Waals surface area contributed by atoms with Gasteiger partial charge in [0.15, 0.2) is 0 Å². The van der Waals surface area contributed by atoms with Crippen LogP contribution in [0.4, 0.5) is 0 Å². The van der Waals surface area contributed by atoms with E-state index in [2.05, 4.69) is 21.2 Å². The monoisotopic (exact) mass is 363 g/mol. The van der Waals surface area contributed by atoms with Crippen molar-refractivity contribution in [1.29, 1.82) is 0 Å². The Balaban J connectivity index is 0.00000200. The van der Waals surface area contributed by atoms with E-state index < -0.39 is 0 Å². The lowest BCUT2D eigenvalue weighted by Gasteiger charge is -2.32. The molecular formula is C14H23BrClN3O. The highest BCUT2D eigenvalue weighted by Gasteiger charge is 2.24. The highest BCUT2D eigenvalue weighted by atomic mass is 79.9. The van der Waals surface area contributed by atoms with Crippen molar-refractivity contribution in [2.24, 2.45) is 13.0 Å². The summed E-state index contributed by atoms with van der Waals surface area (Å²) in [4.78, 5) is 14.4. The zero-order valence-corrected chi connectivity index (χ0v) is 14.5. The Labute approximate surface area is 135 Å². The molecule has 6 heteroatoms. The lowest BCUT2D eigenvalue weighted by Crippen LogP contribution is -2.39. The summed E-state index contributed by atoms with van der Waals surface area (Å²) in [5.74, 6) is 0.914. The van der Waals surface area contributed by atoms with E-state index in [1.165, 1.54) is 6.42 Å². The lowest BCUT2D eigenvalue weighted by atomic mass is 9.93. The fourth-order valence-electron chi connectivity index (χ4n) is 2.67. The minimum atomic E-state index is 0. The van der Waals surface area contributed by atoms with E-state index in [-0.39, 0.29) is 18.3 Å². The number of amides is 1. The highest BCUT2D eigenvalue weighted by molar-refractivity contribution is 9.10. The normalized spacial score (nSPS) is 16.1. The number of nitrogens with one attached hydrogen (secondary N) is 1.